The Morgan fingerprint density at radius 1 is 1.15 bits per heavy atom. The molecule has 0 aliphatic carbocycles. The Hall–Kier alpha value is -2.34. The Morgan fingerprint density at radius 3 is 2.75 bits per heavy atom. The number of hydrogen-bond acceptors (Lipinski definition) is 4. The van der Waals surface area contributed by atoms with Crippen LogP contribution in [-0.4, -0.2) is 13.4 Å². The van der Waals surface area contributed by atoms with Crippen LogP contribution in [0.15, 0.2) is 58.2 Å². The number of oxazole rings is 1. The molecule has 102 valence electrons. The molecule has 0 saturated heterocycles. The lowest BCUT2D eigenvalue weighted by Crippen LogP contribution is -2.13. The van der Waals surface area contributed by atoms with Crippen molar-refractivity contribution in [2.75, 3.05) is 4.72 Å². The van der Waals surface area contributed by atoms with Crippen LogP contribution in [0.4, 0.5) is 5.69 Å². The van der Waals surface area contributed by atoms with Crippen molar-refractivity contribution in [1.82, 2.24) is 4.98 Å². The Kier molecular flexibility index (Phi) is 2.94. The summed E-state index contributed by atoms with van der Waals surface area (Å²) in [5, 5.41) is 0. The van der Waals surface area contributed by atoms with Crippen LogP contribution in [0.5, 0.6) is 0 Å². The lowest BCUT2D eigenvalue weighted by atomic mass is 10.2. The van der Waals surface area contributed by atoms with Gasteiger partial charge in [0, 0.05) is 6.07 Å². The van der Waals surface area contributed by atoms with Crippen LogP contribution in [0, 0.1) is 6.92 Å². The van der Waals surface area contributed by atoms with E-state index in [0.717, 1.165) is 5.56 Å². The first-order chi connectivity index (χ1) is 9.56. The van der Waals surface area contributed by atoms with Crippen LogP contribution in [0.1, 0.15) is 5.56 Å². The van der Waals surface area contributed by atoms with Gasteiger partial charge in [0.15, 0.2) is 12.0 Å². The van der Waals surface area contributed by atoms with E-state index in [9.17, 15) is 8.42 Å². The van der Waals surface area contributed by atoms with Crippen LogP contribution in [0.2, 0.25) is 0 Å². The number of aromatic nitrogens is 1. The summed E-state index contributed by atoms with van der Waals surface area (Å²) in [5.41, 5.74) is 2.49. The SMILES string of the molecule is Cc1ccccc1NS(=O)(=O)c1ccc2ncoc2c1. The van der Waals surface area contributed by atoms with Gasteiger partial charge in [0.2, 0.25) is 0 Å². The molecule has 6 heteroatoms. The van der Waals surface area contributed by atoms with Gasteiger partial charge in [0.05, 0.1) is 10.6 Å². The Morgan fingerprint density at radius 2 is 1.95 bits per heavy atom. The monoisotopic (exact) mass is 288 g/mol. The highest BCUT2D eigenvalue weighted by atomic mass is 32.2. The molecule has 2 aromatic carbocycles. The second-order valence-corrected chi connectivity index (χ2v) is 6.08. The number of aryl methyl sites for hydroxylation is 1. The molecule has 1 aromatic heterocycles. The van der Waals surface area contributed by atoms with Crippen LogP contribution >= 0.6 is 0 Å². The van der Waals surface area contributed by atoms with Crippen LogP contribution in [0.3, 0.4) is 0 Å². The third kappa shape index (κ3) is 2.25. The molecule has 0 radical (unpaired) electrons. The molecule has 0 saturated carbocycles. The van der Waals surface area contributed by atoms with Crippen molar-refractivity contribution >= 4 is 26.8 Å². The molecule has 0 atom stereocenters. The summed E-state index contributed by atoms with van der Waals surface area (Å²) >= 11 is 0. The summed E-state index contributed by atoms with van der Waals surface area (Å²) < 4.78 is 32.4. The summed E-state index contributed by atoms with van der Waals surface area (Å²) in [6.07, 6.45) is 1.29. The van der Waals surface area contributed by atoms with Gasteiger partial charge in [-0.1, -0.05) is 18.2 Å². The van der Waals surface area contributed by atoms with Crippen LogP contribution < -0.4 is 4.72 Å². The number of anilines is 1. The second-order valence-electron chi connectivity index (χ2n) is 4.40. The first-order valence-corrected chi connectivity index (χ1v) is 7.46. The molecule has 0 unspecified atom stereocenters. The van der Waals surface area contributed by atoms with Crippen LogP contribution in [-0.2, 0) is 10.0 Å². The fraction of sp³-hybridized carbons (Fsp3) is 0.0714. The third-order valence-electron chi connectivity index (χ3n) is 3.00. The number of nitrogens with one attached hydrogen (secondary N) is 1. The number of benzene rings is 2. The molecular weight excluding hydrogens is 276 g/mol. The predicted molar refractivity (Wildman–Crippen MR) is 76.0 cm³/mol. The largest absolute Gasteiger partial charge is 0.443 e. The molecular formula is C14H12N2O3S. The Bertz CT molecular complexity index is 869. The van der Waals surface area contributed by atoms with E-state index in [1.165, 1.54) is 18.5 Å². The molecule has 0 bridgehead atoms. The molecule has 0 spiro atoms. The number of sulfonamides is 1. The van der Waals surface area contributed by atoms with Crippen molar-refractivity contribution in [3.05, 3.63) is 54.4 Å². The van der Waals surface area contributed by atoms with E-state index in [1.54, 1.807) is 18.2 Å². The lowest BCUT2D eigenvalue weighted by molar-refractivity contribution is 0.594. The summed E-state index contributed by atoms with van der Waals surface area (Å²) in [4.78, 5) is 4.10. The smallest absolute Gasteiger partial charge is 0.262 e. The van der Waals surface area contributed by atoms with Crippen LogP contribution in [0.25, 0.3) is 11.1 Å². The van der Waals surface area contributed by atoms with E-state index in [2.05, 4.69) is 9.71 Å². The molecule has 3 rings (SSSR count). The van der Waals surface area contributed by atoms with Crippen molar-refractivity contribution < 1.29 is 12.8 Å². The van der Waals surface area contributed by atoms with Gasteiger partial charge in [-0.25, -0.2) is 13.4 Å². The minimum atomic E-state index is -3.64. The van der Waals surface area contributed by atoms with Crippen molar-refractivity contribution in [1.29, 1.82) is 0 Å². The van der Waals surface area contributed by atoms with Gasteiger partial charge in [0.25, 0.3) is 10.0 Å². The molecule has 0 fully saturated rings. The van der Waals surface area contributed by atoms with E-state index in [-0.39, 0.29) is 4.90 Å². The predicted octanol–water partition coefficient (Wildman–Crippen LogP) is 2.94. The van der Waals surface area contributed by atoms with E-state index in [0.29, 0.717) is 16.8 Å². The second kappa shape index (κ2) is 4.64. The van der Waals surface area contributed by atoms with E-state index in [1.807, 2.05) is 19.1 Å². The summed E-state index contributed by atoms with van der Waals surface area (Å²) in [7, 11) is -3.64. The average molecular weight is 288 g/mol. The van der Waals surface area contributed by atoms with Crippen molar-refractivity contribution in [3.63, 3.8) is 0 Å². The van der Waals surface area contributed by atoms with Crippen molar-refractivity contribution in [2.45, 2.75) is 11.8 Å². The number of fused-ring (bicyclic) bond motifs is 1. The Labute approximate surface area is 116 Å². The maximum absolute atomic E-state index is 12.3. The highest BCUT2D eigenvalue weighted by molar-refractivity contribution is 7.92. The normalized spacial score (nSPS) is 11.7. The molecule has 3 aromatic rings. The molecule has 0 aliphatic rings. The molecule has 1 N–H and O–H groups in total. The van der Waals surface area contributed by atoms with E-state index >= 15 is 0 Å². The highest BCUT2D eigenvalue weighted by Crippen LogP contribution is 2.22. The van der Waals surface area contributed by atoms with Gasteiger partial charge >= 0.3 is 0 Å². The van der Waals surface area contributed by atoms with Crippen molar-refractivity contribution in [2.24, 2.45) is 0 Å². The van der Waals surface area contributed by atoms with E-state index in [4.69, 9.17) is 4.42 Å². The molecule has 0 aliphatic heterocycles. The molecule has 0 amide bonds. The van der Waals surface area contributed by atoms with Gasteiger partial charge in [-0.3, -0.25) is 4.72 Å². The minimum Gasteiger partial charge on any atom is -0.443 e. The van der Waals surface area contributed by atoms with Gasteiger partial charge in [0.1, 0.15) is 5.52 Å². The standard InChI is InChI=1S/C14H12N2O3S/c1-10-4-2-3-5-12(10)16-20(17,18)11-6-7-13-14(8-11)19-9-15-13/h2-9,16H,1H3. The van der Waals surface area contributed by atoms with E-state index < -0.39 is 10.0 Å². The number of rotatable bonds is 3. The molecule has 20 heavy (non-hydrogen) atoms. The quantitative estimate of drug-likeness (QED) is 0.804. The van der Waals surface area contributed by atoms with Gasteiger partial charge in [-0.05, 0) is 30.7 Å². The number of hydrogen-bond donors (Lipinski definition) is 1. The molecule has 5 nitrogen and oxygen atoms in total. The van der Waals surface area contributed by atoms with Crippen molar-refractivity contribution in [3.8, 4) is 0 Å². The zero-order chi connectivity index (χ0) is 14.2. The zero-order valence-electron chi connectivity index (χ0n) is 10.7. The lowest BCUT2D eigenvalue weighted by Gasteiger charge is -2.10. The Balaban J connectivity index is 2.01. The fourth-order valence-corrected chi connectivity index (χ4v) is 3.04. The van der Waals surface area contributed by atoms with Gasteiger partial charge in [-0.2, -0.15) is 0 Å². The third-order valence-corrected chi connectivity index (χ3v) is 4.37. The number of para-hydroxylation sites is 1. The fourth-order valence-electron chi connectivity index (χ4n) is 1.89. The minimum absolute atomic E-state index is 0.144. The topological polar surface area (TPSA) is 72.2 Å². The highest BCUT2D eigenvalue weighted by Gasteiger charge is 2.16. The van der Waals surface area contributed by atoms with Gasteiger partial charge in [-0.15, -0.1) is 0 Å². The van der Waals surface area contributed by atoms with Gasteiger partial charge < -0.3 is 4.42 Å². The summed E-state index contributed by atoms with van der Waals surface area (Å²) in [5.74, 6) is 0. The first kappa shape index (κ1) is 12.7. The summed E-state index contributed by atoms with van der Waals surface area (Å²) in [6, 6.07) is 11.8. The molecule has 1 heterocycles. The zero-order valence-corrected chi connectivity index (χ0v) is 11.5. The maximum atomic E-state index is 12.3. The first-order valence-electron chi connectivity index (χ1n) is 5.98. The average Bonchev–Trinajstić information content (AvgIpc) is 2.88. The summed E-state index contributed by atoms with van der Waals surface area (Å²) in [6.45, 7) is 1.84. The number of nitrogens with zero attached hydrogens (tertiary/aromatic N) is 1. The maximum Gasteiger partial charge on any atom is 0.262 e.